The Morgan fingerprint density at radius 3 is 2.08 bits per heavy atom. The van der Waals surface area contributed by atoms with Crippen LogP contribution < -0.4 is 0 Å². The molecule has 2 atom stereocenters. The van der Waals surface area contributed by atoms with Crippen LogP contribution in [-0.4, -0.2) is 21.1 Å². The van der Waals surface area contributed by atoms with Crippen molar-refractivity contribution in [3.05, 3.63) is 88.4 Å². The smallest absolute Gasteiger partial charge is 0.291 e. The number of nitrogens with zero attached hydrogens (tertiary/aromatic N) is 2. The van der Waals surface area contributed by atoms with Gasteiger partial charge in [-0.25, -0.2) is 9.98 Å². The van der Waals surface area contributed by atoms with Crippen LogP contribution in [0.4, 0.5) is 0 Å². The number of ether oxygens (including phenoxy) is 1. The Labute approximate surface area is 142 Å². The highest BCUT2D eigenvalue weighted by atomic mass is 32.1. The van der Waals surface area contributed by atoms with Gasteiger partial charge in [0, 0.05) is 22.7 Å². The van der Waals surface area contributed by atoms with E-state index in [0.717, 1.165) is 0 Å². The molecule has 0 radical (unpaired) electrons. The Morgan fingerprint density at radius 2 is 1.50 bits per heavy atom. The molecule has 0 saturated carbocycles. The number of aliphatic imine (C=N–C) groups is 1. The van der Waals surface area contributed by atoms with Gasteiger partial charge < -0.3 is 14.9 Å². The predicted octanol–water partition coefficient (Wildman–Crippen LogP) is 2.61. The van der Waals surface area contributed by atoms with Gasteiger partial charge in [-0.2, -0.15) is 0 Å². The predicted molar refractivity (Wildman–Crippen MR) is 90.4 cm³/mol. The number of hydrogen-bond acceptors (Lipinski definition) is 6. The quantitative estimate of drug-likeness (QED) is 0.770. The van der Waals surface area contributed by atoms with E-state index in [1.807, 2.05) is 12.1 Å². The molecule has 3 aromatic rings. The minimum Gasteiger partial charge on any atom is -0.433 e. The lowest BCUT2D eigenvalue weighted by Gasteiger charge is -2.34. The van der Waals surface area contributed by atoms with E-state index in [9.17, 15) is 10.2 Å². The molecule has 1 aliphatic heterocycles. The van der Waals surface area contributed by atoms with E-state index in [2.05, 4.69) is 9.98 Å². The van der Waals surface area contributed by atoms with E-state index < -0.39 is 11.5 Å². The molecule has 4 rings (SSSR count). The van der Waals surface area contributed by atoms with Gasteiger partial charge >= 0.3 is 0 Å². The Balaban J connectivity index is 1.90. The van der Waals surface area contributed by atoms with Crippen LogP contribution in [0.3, 0.4) is 0 Å². The maximum absolute atomic E-state index is 11.3. The second kappa shape index (κ2) is 5.52. The van der Waals surface area contributed by atoms with Crippen molar-refractivity contribution in [2.45, 2.75) is 11.5 Å². The maximum Gasteiger partial charge on any atom is 0.291 e. The third-order valence-electron chi connectivity index (χ3n) is 3.94. The summed E-state index contributed by atoms with van der Waals surface area (Å²) in [6.45, 7) is 0. The molecule has 0 amide bonds. The molecule has 5 nitrogen and oxygen atoms in total. The summed E-state index contributed by atoms with van der Waals surface area (Å²) in [6, 6.07) is 17.5. The van der Waals surface area contributed by atoms with Gasteiger partial charge in [0.2, 0.25) is 0 Å². The molecule has 0 spiro atoms. The van der Waals surface area contributed by atoms with E-state index >= 15 is 0 Å². The largest absolute Gasteiger partial charge is 0.433 e. The topological polar surface area (TPSA) is 74.9 Å². The van der Waals surface area contributed by atoms with Crippen molar-refractivity contribution in [3.63, 3.8) is 0 Å². The second-order valence-electron chi connectivity index (χ2n) is 5.40. The number of aliphatic hydroxyl groups is 2. The molecule has 1 aliphatic rings. The zero-order valence-corrected chi connectivity index (χ0v) is 13.4. The summed E-state index contributed by atoms with van der Waals surface area (Å²) in [5, 5.41) is 24.9. The van der Waals surface area contributed by atoms with Crippen molar-refractivity contribution < 1.29 is 14.9 Å². The SMILES string of the molecule is OC1(c2ccccc2)N=C(c2nccs2)OC1(O)c1ccccc1. The van der Waals surface area contributed by atoms with E-state index in [-0.39, 0.29) is 5.90 Å². The van der Waals surface area contributed by atoms with Crippen LogP contribution in [0.5, 0.6) is 0 Å². The van der Waals surface area contributed by atoms with Crippen LogP contribution in [0, 0.1) is 0 Å². The van der Waals surface area contributed by atoms with Crippen LogP contribution in [0.15, 0.2) is 77.2 Å². The van der Waals surface area contributed by atoms with Crippen LogP contribution >= 0.6 is 11.3 Å². The summed E-state index contributed by atoms with van der Waals surface area (Å²) in [7, 11) is 0. The summed E-state index contributed by atoms with van der Waals surface area (Å²) >= 11 is 1.32. The van der Waals surface area contributed by atoms with Gasteiger partial charge in [-0.05, 0) is 0 Å². The van der Waals surface area contributed by atoms with Crippen molar-refractivity contribution >= 4 is 17.2 Å². The molecule has 0 saturated heterocycles. The molecule has 0 bridgehead atoms. The highest BCUT2D eigenvalue weighted by Gasteiger charge is 2.60. The van der Waals surface area contributed by atoms with Gasteiger partial charge in [-0.3, -0.25) is 0 Å². The molecular weight excluding hydrogens is 324 g/mol. The van der Waals surface area contributed by atoms with Crippen molar-refractivity contribution in [1.82, 2.24) is 4.98 Å². The first-order valence-corrected chi connectivity index (χ1v) is 8.26. The van der Waals surface area contributed by atoms with E-state index in [1.54, 1.807) is 60.1 Å². The molecule has 2 aromatic carbocycles. The number of hydrogen-bond donors (Lipinski definition) is 2. The zero-order valence-electron chi connectivity index (χ0n) is 12.5. The molecule has 120 valence electrons. The van der Waals surface area contributed by atoms with Crippen LogP contribution in [0.1, 0.15) is 16.1 Å². The normalized spacial score (nSPS) is 26.0. The fourth-order valence-corrected chi connectivity index (χ4v) is 3.29. The number of aromatic nitrogens is 1. The first-order valence-electron chi connectivity index (χ1n) is 7.38. The minimum absolute atomic E-state index is 0.114. The highest BCUT2D eigenvalue weighted by molar-refractivity contribution is 7.11. The number of rotatable bonds is 3. The van der Waals surface area contributed by atoms with Gasteiger partial charge in [0.1, 0.15) is 0 Å². The summed E-state index contributed by atoms with van der Waals surface area (Å²) < 4.78 is 5.75. The third kappa shape index (κ3) is 2.16. The van der Waals surface area contributed by atoms with Gasteiger partial charge in [-0.15, -0.1) is 11.3 Å². The summed E-state index contributed by atoms with van der Waals surface area (Å²) in [4.78, 5) is 8.47. The Bertz CT molecular complexity index is 868. The molecule has 24 heavy (non-hydrogen) atoms. The van der Waals surface area contributed by atoms with Crippen LogP contribution in [-0.2, 0) is 16.2 Å². The van der Waals surface area contributed by atoms with Crippen molar-refractivity contribution in [1.29, 1.82) is 0 Å². The summed E-state index contributed by atoms with van der Waals surface area (Å²) in [5.41, 5.74) is -1.13. The molecule has 2 N–H and O–H groups in total. The minimum atomic E-state index is -2.05. The molecule has 0 fully saturated rings. The van der Waals surface area contributed by atoms with Gasteiger partial charge in [0.05, 0.1) is 0 Å². The highest BCUT2D eigenvalue weighted by Crippen LogP contribution is 2.47. The van der Waals surface area contributed by atoms with Gasteiger partial charge in [-0.1, -0.05) is 60.7 Å². The molecule has 2 unspecified atom stereocenters. The molecular formula is C18H14N2O3S. The summed E-state index contributed by atoms with van der Waals surface area (Å²) in [6.07, 6.45) is 1.62. The number of benzene rings is 2. The molecule has 0 aliphatic carbocycles. The summed E-state index contributed by atoms with van der Waals surface area (Å²) in [5.74, 6) is -1.93. The van der Waals surface area contributed by atoms with Crippen molar-refractivity contribution in [3.8, 4) is 0 Å². The second-order valence-corrected chi connectivity index (χ2v) is 6.30. The first kappa shape index (κ1) is 15.0. The number of thiazole rings is 1. The lowest BCUT2D eigenvalue weighted by Crippen LogP contribution is -2.46. The fourth-order valence-electron chi connectivity index (χ4n) is 2.73. The maximum atomic E-state index is 11.3. The Morgan fingerprint density at radius 1 is 0.875 bits per heavy atom. The Kier molecular flexibility index (Phi) is 3.45. The monoisotopic (exact) mass is 338 g/mol. The molecule has 1 aromatic heterocycles. The first-order chi connectivity index (χ1) is 11.6. The van der Waals surface area contributed by atoms with E-state index in [0.29, 0.717) is 16.1 Å². The zero-order chi connectivity index (χ0) is 16.6. The Hall–Kier alpha value is -2.54. The van der Waals surface area contributed by atoms with Gasteiger partial charge in [0.15, 0.2) is 5.01 Å². The van der Waals surface area contributed by atoms with E-state index in [1.165, 1.54) is 11.3 Å². The lowest BCUT2D eigenvalue weighted by atomic mass is 9.89. The van der Waals surface area contributed by atoms with Crippen molar-refractivity contribution in [2.24, 2.45) is 4.99 Å². The molecule has 2 heterocycles. The standard InChI is InChI=1S/C18H14N2O3S/c21-17(13-7-3-1-4-8-13)18(22,14-9-5-2-6-10-14)23-15(20-17)16-19-11-12-24-16/h1-12,21-22H. The lowest BCUT2D eigenvalue weighted by molar-refractivity contribution is -0.259. The van der Waals surface area contributed by atoms with Crippen LogP contribution in [0.2, 0.25) is 0 Å². The van der Waals surface area contributed by atoms with Gasteiger partial charge in [0.25, 0.3) is 17.4 Å². The fraction of sp³-hybridized carbons (Fsp3) is 0.111. The molecule has 6 heteroatoms. The average Bonchev–Trinajstić information content (AvgIpc) is 3.25. The average molecular weight is 338 g/mol. The van der Waals surface area contributed by atoms with Crippen molar-refractivity contribution in [2.75, 3.05) is 0 Å². The van der Waals surface area contributed by atoms with Crippen LogP contribution in [0.25, 0.3) is 0 Å². The van der Waals surface area contributed by atoms with E-state index in [4.69, 9.17) is 4.74 Å². The third-order valence-corrected chi connectivity index (χ3v) is 4.70.